The van der Waals surface area contributed by atoms with Crippen LogP contribution in [0.5, 0.6) is 0 Å². The van der Waals surface area contributed by atoms with Crippen LogP contribution < -0.4 is 4.90 Å². The van der Waals surface area contributed by atoms with Gasteiger partial charge in [-0.1, -0.05) is 146 Å². The first-order valence-electron chi connectivity index (χ1n) is 18.5. The molecule has 11 aromatic rings. The van der Waals surface area contributed by atoms with Gasteiger partial charge in [-0.3, -0.25) is 0 Å². The molecule has 0 aliphatic rings. The van der Waals surface area contributed by atoms with E-state index in [1.165, 1.54) is 60.0 Å². The third-order valence-corrected chi connectivity index (χ3v) is 11.0. The molecule has 0 bridgehead atoms. The van der Waals surface area contributed by atoms with Gasteiger partial charge in [-0.15, -0.1) is 0 Å². The molecule has 10 aromatic carbocycles. The number of furan rings is 1. The molecule has 11 rings (SSSR count). The maximum absolute atomic E-state index is 6.68. The molecule has 0 N–H and O–H groups in total. The van der Waals surface area contributed by atoms with Crippen molar-refractivity contribution in [3.05, 3.63) is 200 Å². The molecular formula is C52H33NO. The molecule has 252 valence electrons. The van der Waals surface area contributed by atoms with Gasteiger partial charge in [0, 0.05) is 39.3 Å². The van der Waals surface area contributed by atoms with E-state index in [1.54, 1.807) is 0 Å². The van der Waals surface area contributed by atoms with Gasteiger partial charge in [0.25, 0.3) is 0 Å². The lowest BCUT2D eigenvalue weighted by atomic mass is 9.90. The summed E-state index contributed by atoms with van der Waals surface area (Å²) >= 11 is 0. The lowest BCUT2D eigenvalue weighted by molar-refractivity contribution is 0.672. The Bertz CT molecular complexity index is 3210. The van der Waals surface area contributed by atoms with E-state index in [-0.39, 0.29) is 0 Å². The summed E-state index contributed by atoms with van der Waals surface area (Å²) in [6.45, 7) is 0. The second-order valence-corrected chi connectivity index (χ2v) is 14.1. The summed E-state index contributed by atoms with van der Waals surface area (Å²) in [5.41, 5.74) is 9.75. The van der Waals surface area contributed by atoms with E-state index in [9.17, 15) is 0 Å². The van der Waals surface area contributed by atoms with Crippen LogP contribution in [0.1, 0.15) is 0 Å². The highest BCUT2D eigenvalue weighted by Crippen LogP contribution is 2.43. The van der Waals surface area contributed by atoms with Crippen LogP contribution in [0.4, 0.5) is 17.1 Å². The number of hydrogen-bond donors (Lipinski definition) is 0. The molecule has 1 heterocycles. The van der Waals surface area contributed by atoms with Crippen molar-refractivity contribution >= 4 is 82.1 Å². The maximum Gasteiger partial charge on any atom is 0.143 e. The summed E-state index contributed by atoms with van der Waals surface area (Å²) in [6.07, 6.45) is 0. The fourth-order valence-electron chi connectivity index (χ4n) is 8.43. The molecule has 2 nitrogen and oxygen atoms in total. The molecule has 0 fully saturated rings. The lowest BCUT2D eigenvalue weighted by Gasteiger charge is -2.26. The van der Waals surface area contributed by atoms with Gasteiger partial charge in [-0.2, -0.15) is 0 Å². The van der Waals surface area contributed by atoms with E-state index < -0.39 is 0 Å². The maximum atomic E-state index is 6.68. The fourth-order valence-corrected chi connectivity index (χ4v) is 8.43. The predicted molar refractivity (Wildman–Crippen MR) is 229 cm³/mol. The van der Waals surface area contributed by atoms with Crippen LogP contribution in [-0.4, -0.2) is 0 Å². The van der Waals surface area contributed by atoms with Crippen molar-refractivity contribution < 1.29 is 4.42 Å². The average Bonchev–Trinajstić information content (AvgIpc) is 3.63. The standard InChI is InChI=1S/C52H33NO/c1-2-11-34(12-3-1)38-16-10-17-41(31-38)53(42-27-30-46-48-29-24-36-14-5-9-20-45(36)52(48)54-50(46)33-42)40-25-21-37(22-26-40)49-32-39-15-6-7-18-43(39)47-28-23-35-13-4-8-19-44(35)51(47)49/h1-33H. The van der Waals surface area contributed by atoms with Crippen LogP contribution in [-0.2, 0) is 0 Å². The Hall–Kier alpha value is -7.16. The molecule has 0 aliphatic carbocycles. The van der Waals surface area contributed by atoms with Gasteiger partial charge in [-0.05, 0) is 108 Å². The molecule has 54 heavy (non-hydrogen) atoms. The molecule has 0 aliphatic heterocycles. The van der Waals surface area contributed by atoms with Gasteiger partial charge < -0.3 is 9.32 Å². The summed E-state index contributed by atoms with van der Waals surface area (Å²) < 4.78 is 6.68. The van der Waals surface area contributed by atoms with Crippen LogP contribution in [0.3, 0.4) is 0 Å². The highest BCUT2D eigenvalue weighted by atomic mass is 16.3. The van der Waals surface area contributed by atoms with Crippen molar-refractivity contribution in [2.45, 2.75) is 0 Å². The second-order valence-electron chi connectivity index (χ2n) is 14.1. The third-order valence-electron chi connectivity index (χ3n) is 11.0. The zero-order chi connectivity index (χ0) is 35.6. The summed E-state index contributed by atoms with van der Waals surface area (Å²) in [7, 11) is 0. The van der Waals surface area contributed by atoms with Gasteiger partial charge in [0.05, 0.1) is 0 Å². The molecule has 0 saturated heterocycles. The molecule has 0 radical (unpaired) electrons. The highest BCUT2D eigenvalue weighted by molar-refractivity contribution is 6.23. The van der Waals surface area contributed by atoms with Crippen LogP contribution in [0, 0.1) is 0 Å². The van der Waals surface area contributed by atoms with Crippen molar-refractivity contribution in [1.82, 2.24) is 0 Å². The first-order valence-corrected chi connectivity index (χ1v) is 18.5. The Labute approximate surface area is 312 Å². The van der Waals surface area contributed by atoms with Crippen LogP contribution >= 0.6 is 0 Å². The zero-order valence-electron chi connectivity index (χ0n) is 29.4. The Morgan fingerprint density at radius 2 is 0.926 bits per heavy atom. The number of rotatable bonds is 5. The largest absolute Gasteiger partial charge is 0.455 e. The van der Waals surface area contributed by atoms with Crippen LogP contribution in [0.15, 0.2) is 205 Å². The number of nitrogens with zero attached hydrogens (tertiary/aromatic N) is 1. The molecule has 0 amide bonds. The monoisotopic (exact) mass is 687 g/mol. The number of hydrogen-bond acceptors (Lipinski definition) is 2. The molecule has 0 atom stereocenters. The van der Waals surface area contributed by atoms with E-state index >= 15 is 0 Å². The average molecular weight is 688 g/mol. The van der Waals surface area contributed by atoms with Crippen LogP contribution in [0.2, 0.25) is 0 Å². The fraction of sp³-hybridized carbons (Fsp3) is 0. The van der Waals surface area contributed by atoms with Gasteiger partial charge in [0.2, 0.25) is 0 Å². The van der Waals surface area contributed by atoms with E-state index in [0.29, 0.717) is 0 Å². The van der Waals surface area contributed by atoms with E-state index in [4.69, 9.17) is 4.42 Å². The highest BCUT2D eigenvalue weighted by Gasteiger charge is 2.18. The minimum Gasteiger partial charge on any atom is -0.455 e. The SMILES string of the molecule is c1ccc(-c2cccc(N(c3ccc(-c4cc5ccccc5c5ccc6ccccc6c45)cc3)c3ccc4c(c3)oc3c5ccccc5ccc43)c2)cc1. The molecule has 0 unspecified atom stereocenters. The smallest absolute Gasteiger partial charge is 0.143 e. The molecule has 1 aromatic heterocycles. The topological polar surface area (TPSA) is 16.4 Å². The van der Waals surface area contributed by atoms with Gasteiger partial charge >= 0.3 is 0 Å². The van der Waals surface area contributed by atoms with Crippen molar-refractivity contribution in [3.8, 4) is 22.3 Å². The summed E-state index contributed by atoms with van der Waals surface area (Å²) in [4.78, 5) is 2.34. The molecule has 0 saturated carbocycles. The van der Waals surface area contributed by atoms with Crippen molar-refractivity contribution in [1.29, 1.82) is 0 Å². The van der Waals surface area contributed by atoms with E-state index in [0.717, 1.165) is 44.4 Å². The minimum absolute atomic E-state index is 0.870. The van der Waals surface area contributed by atoms with Crippen LogP contribution in [0.25, 0.3) is 87.3 Å². The van der Waals surface area contributed by atoms with E-state index in [1.807, 2.05) is 0 Å². The second kappa shape index (κ2) is 12.2. The van der Waals surface area contributed by atoms with E-state index in [2.05, 4.69) is 205 Å². The number of fused-ring (bicyclic) bond motifs is 10. The third kappa shape index (κ3) is 4.88. The molecule has 0 spiro atoms. The first kappa shape index (κ1) is 30.5. The number of benzene rings is 10. The zero-order valence-corrected chi connectivity index (χ0v) is 29.4. The Balaban J connectivity index is 1.10. The van der Waals surface area contributed by atoms with Gasteiger partial charge in [0.15, 0.2) is 0 Å². The Morgan fingerprint density at radius 3 is 1.74 bits per heavy atom. The lowest BCUT2D eigenvalue weighted by Crippen LogP contribution is -2.10. The Morgan fingerprint density at radius 1 is 0.315 bits per heavy atom. The minimum atomic E-state index is 0.870. The predicted octanol–water partition coefficient (Wildman–Crippen LogP) is 15.0. The van der Waals surface area contributed by atoms with Crippen molar-refractivity contribution in [2.75, 3.05) is 4.90 Å². The summed E-state index contributed by atoms with van der Waals surface area (Å²) in [6, 6.07) is 72.2. The summed E-state index contributed by atoms with van der Waals surface area (Å²) in [5.74, 6) is 0. The quantitative estimate of drug-likeness (QED) is 0.168. The Kier molecular flexibility index (Phi) is 6.90. The van der Waals surface area contributed by atoms with Crippen molar-refractivity contribution in [3.63, 3.8) is 0 Å². The van der Waals surface area contributed by atoms with Crippen molar-refractivity contribution in [2.24, 2.45) is 0 Å². The molecule has 2 heteroatoms. The normalized spacial score (nSPS) is 11.7. The van der Waals surface area contributed by atoms with Gasteiger partial charge in [0.1, 0.15) is 11.2 Å². The number of anilines is 3. The molecular weight excluding hydrogens is 655 g/mol. The van der Waals surface area contributed by atoms with Gasteiger partial charge in [-0.25, -0.2) is 0 Å². The summed E-state index contributed by atoms with van der Waals surface area (Å²) in [5, 5.41) is 12.1. The first-order chi connectivity index (χ1) is 26.8.